The molecule has 0 spiro atoms. The van der Waals surface area contributed by atoms with Gasteiger partial charge < -0.3 is 10.8 Å². The van der Waals surface area contributed by atoms with Gasteiger partial charge in [0.2, 0.25) is 0 Å². The van der Waals surface area contributed by atoms with Crippen LogP contribution in [0.4, 0.5) is 43.9 Å². The lowest BCUT2D eigenvalue weighted by atomic mass is 9.93. The first-order chi connectivity index (χ1) is 10.1. The molecular formula is C11H7F10NO. The predicted octanol–water partition coefficient (Wildman–Crippen LogP) is 3.79. The zero-order valence-corrected chi connectivity index (χ0v) is 10.6. The van der Waals surface area contributed by atoms with E-state index in [2.05, 4.69) is 0 Å². The SMILES string of the molecule is N[C@@H](c1c(F)cc(C(F)(F)F)cc1C(F)(F)F)[C@H](O)C(F)(F)F. The molecule has 2 atom stereocenters. The fourth-order valence-corrected chi connectivity index (χ4v) is 1.72. The molecule has 0 saturated carbocycles. The number of alkyl halides is 9. The molecule has 0 heterocycles. The van der Waals surface area contributed by atoms with Crippen molar-refractivity contribution in [3.63, 3.8) is 0 Å². The first kappa shape index (κ1) is 19.5. The Morgan fingerprint density at radius 1 is 0.870 bits per heavy atom. The number of benzene rings is 1. The molecule has 1 aromatic rings. The van der Waals surface area contributed by atoms with E-state index in [1.165, 1.54) is 0 Å². The van der Waals surface area contributed by atoms with Crippen molar-refractivity contribution in [3.8, 4) is 0 Å². The van der Waals surface area contributed by atoms with E-state index in [4.69, 9.17) is 10.8 Å². The first-order valence-electron chi connectivity index (χ1n) is 5.55. The molecule has 1 aromatic carbocycles. The van der Waals surface area contributed by atoms with Crippen LogP contribution < -0.4 is 5.73 Å². The Bertz CT molecular complexity index is 574. The van der Waals surface area contributed by atoms with Gasteiger partial charge in [-0.2, -0.15) is 39.5 Å². The topological polar surface area (TPSA) is 46.2 Å². The normalized spacial score (nSPS) is 16.3. The van der Waals surface area contributed by atoms with Crippen molar-refractivity contribution in [2.75, 3.05) is 0 Å². The molecule has 0 fully saturated rings. The largest absolute Gasteiger partial charge is 0.416 e. The van der Waals surface area contributed by atoms with Crippen LogP contribution in [0.1, 0.15) is 22.7 Å². The van der Waals surface area contributed by atoms with E-state index in [0.29, 0.717) is 0 Å². The third kappa shape index (κ3) is 4.25. The number of rotatable bonds is 2. The van der Waals surface area contributed by atoms with Crippen LogP contribution in [0.25, 0.3) is 0 Å². The average molecular weight is 359 g/mol. The van der Waals surface area contributed by atoms with E-state index in [-0.39, 0.29) is 0 Å². The molecule has 0 aromatic heterocycles. The number of aliphatic hydroxyl groups excluding tert-OH is 1. The van der Waals surface area contributed by atoms with Gasteiger partial charge in [-0.05, 0) is 12.1 Å². The summed E-state index contributed by atoms with van der Waals surface area (Å²) in [6.45, 7) is 0. The Labute approximate surface area is 121 Å². The lowest BCUT2D eigenvalue weighted by molar-refractivity contribution is -0.211. The fourth-order valence-electron chi connectivity index (χ4n) is 1.72. The van der Waals surface area contributed by atoms with E-state index >= 15 is 0 Å². The van der Waals surface area contributed by atoms with Gasteiger partial charge in [0.05, 0.1) is 17.2 Å². The molecule has 12 heteroatoms. The number of aliphatic hydroxyl groups is 1. The maximum absolute atomic E-state index is 13.6. The van der Waals surface area contributed by atoms with Gasteiger partial charge in [-0.25, -0.2) is 4.39 Å². The molecule has 3 N–H and O–H groups in total. The summed E-state index contributed by atoms with van der Waals surface area (Å²) in [7, 11) is 0. The molecule has 0 bridgehead atoms. The summed E-state index contributed by atoms with van der Waals surface area (Å²) in [5.41, 5.74) is -1.52. The summed E-state index contributed by atoms with van der Waals surface area (Å²) in [5.74, 6) is -2.26. The molecule has 0 unspecified atom stereocenters. The monoisotopic (exact) mass is 359 g/mol. The summed E-state index contributed by atoms with van der Waals surface area (Å²) in [4.78, 5) is 0. The minimum absolute atomic E-state index is 0.423. The van der Waals surface area contributed by atoms with Crippen LogP contribution in [0.2, 0.25) is 0 Å². The maximum Gasteiger partial charge on any atom is 0.416 e. The highest BCUT2D eigenvalue weighted by Crippen LogP contribution is 2.42. The summed E-state index contributed by atoms with van der Waals surface area (Å²) >= 11 is 0. The molecular weight excluding hydrogens is 352 g/mol. The van der Waals surface area contributed by atoms with Crippen molar-refractivity contribution < 1.29 is 49.0 Å². The van der Waals surface area contributed by atoms with E-state index in [0.717, 1.165) is 0 Å². The lowest BCUT2D eigenvalue weighted by Crippen LogP contribution is -2.40. The van der Waals surface area contributed by atoms with Crippen molar-refractivity contribution in [1.29, 1.82) is 0 Å². The van der Waals surface area contributed by atoms with Gasteiger partial charge in [-0.3, -0.25) is 0 Å². The van der Waals surface area contributed by atoms with Gasteiger partial charge in [-0.1, -0.05) is 0 Å². The molecule has 1 rings (SSSR count). The fraction of sp³-hybridized carbons (Fsp3) is 0.455. The van der Waals surface area contributed by atoms with E-state index in [1.54, 1.807) is 0 Å². The molecule has 0 saturated heterocycles. The van der Waals surface area contributed by atoms with Crippen molar-refractivity contribution in [2.24, 2.45) is 5.73 Å². The zero-order valence-electron chi connectivity index (χ0n) is 10.6. The van der Waals surface area contributed by atoms with Crippen LogP contribution in [0.3, 0.4) is 0 Å². The predicted molar refractivity (Wildman–Crippen MR) is 55.4 cm³/mol. The molecule has 0 radical (unpaired) electrons. The third-order valence-corrected chi connectivity index (χ3v) is 2.77. The average Bonchev–Trinajstić information content (AvgIpc) is 2.32. The van der Waals surface area contributed by atoms with Crippen LogP contribution in [0, 0.1) is 5.82 Å². The van der Waals surface area contributed by atoms with Gasteiger partial charge in [0.1, 0.15) is 5.82 Å². The van der Waals surface area contributed by atoms with E-state index in [9.17, 15) is 43.9 Å². The maximum atomic E-state index is 13.6. The second kappa shape index (κ2) is 5.82. The van der Waals surface area contributed by atoms with Gasteiger partial charge in [0.15, 0.2) is 6.10 Å². The summed E-state index contributed by atoms with van der Waals surface area (Å²) in [5, 5.41) is 8.85. The smallest absolute Gasteiger partial charge is 0.382 e. The van der Waals surface area contributed by atoms with Crippen LogP contribution in [0.5, 0.6) is 0 Å². The zero-order chi connectivity index (χ0) is 18.4. The Hall–Kier alpha value is -1.56. The highest BCUT2D eigenvalue weighted by molar-refractivity contribution is 5.39. The summed E-state index contributed by atoms with van der Waals surface area (Å²) in [6, 6.07) is -3.96. The number of hydrogen-bond acceptors (Lipinski definition) is 2. The second-order valence-corrected chi connectivity index (χ2v) is 4.43. The molecule has 23 heavy (non-hydrogen) atoms. The number of halogens is 10. The molecule has 0 aliphatic rings. The van der Waals surface area contributed by atoms with Crippen molar-refractivity contribution >= 4 is 0 Å². The highest BCUT2D eigenvalue weighted by Gasteiger charge is 2.47. The minimum atomic E-state index is -5.62. The number of nitrogens with two attached hydrogens (primary N) is 1. The Kier molecular flexibility index (Phi) is 4.93. The van der Waals surface area contributed by atoms with Gasteiger partial charge in [0.25, 0.3) is 0 Å². The quantitative estimate of drug-likeness (QED) is 0.790. The Morgan fingerprint density at radius 2 is 1.35 bits per heavy atom. The third-order valence-electron chi connectivity index (χ3n) is 2.77. The van der Waals surface area contributed by atoms with Gasteiger partial charge in [-0.15, -0.1) is 0 Å². The highest BCUT2D eigenvalue weighted by atomic mass is 19.4. The standard InChI is InChI=1S/C11H7F10NO/c12-5-2-3(9(13,14)15)1-4(10(16,17)18)6(5)7(22)8(23)11(19,20)21/h1-2,7-8,23H,22H2/t7-,8-/m0/s1. The molecule has 0 aliphatic heterocycles. The van der Waals surface area contributed by atoms with Crippen LogP contribution in [-0.2, 0) is 12.4 Å². The molecule has 0 aliphatic carbocycles. The minimum Gasteiger partial charge on any atom is -0.382 e. The van der Waals surface area contributed by atoms with Crippen molar-refractivity contribution in [1.82, 2.24) is 0 Å². The van der Waals surface area contributed by atoms with E-state index < -0.39 is 65.3 Å². The first-order valence-corrected chi connectivity index (χ1v) is 5.55. The number of hydrogen-bond donors (Lipinski definition) is 2. The molecule has 0 amide bonds. The summed E-state index contributed by atoms with van der Waals surface area (Å²) < 4.78 is 126. The van der Waals surface area contributed by atoms with E-state index in [1.807, 2.05) is 0 Å². The Balaban J connectivity index is 3.60. The Morgan fingerprint density at radius 3 is 1.70 bits per heavy atom. The van der Waals surface area contributed by atoms with Crippen LogP contribution in [-0.4, -0.2) is 17.4 Å². The van der Waals surface area contributed by atoms with Gasteiger partial charge in [0, 0.05) is 5.56 Å². The molecule has 2 nitrogen and oxygen atoms in total. The van der Waals surface area contributed by atoms with Crippen LogP contribution in [0.15, 0.2) is 12.1 Å². The van der Waals surface area contributed by atoms with Crippen LogP contribution >= 0.6 is 0 Å². The molecule has 132 valence electrons. The van der Waals surface area contributed by atoms with Gasteiger partial charge >= 0.3 is 18.5 Å². The van der Waals surface area contributed by atoms with Crippen molar-refractivity contribution in [2.45, 2.75) is 30.7 Å². The second-order valence-electron chi connectivity index (χ2n) is 4.43. The lowest BCUT2D eigenvalue weighted by Gasteiger charge is -2.25. The summed E-state index contributed by atoms with van der Waals surface area (Å²) in [6.07, 6.45) is -20.1. The van der Waals surface area contributed by atoms with Crippen molar-refractivity contribution in [3.05, 3.63) is 34.6 Å².